The van der Waals surface area contributed by atoms with E-state index in [0.717, 1.165) is 49.2 Å². The zero-order chi connectivity index (χ0) is 16.8. The molecule has 1 aliphatic rings. The summed E-state index contributed by atoms with van der Waals surface area (Å²) in [6.45, 7) is 9.51. The van der Waals surface area contributed by atoms with Crippen LogP contribution in [0.3, 0.4) is 0 Å². The molecular weight excluding hydrogens is 354 g/mol. The maximum absolute atomic E-state index is 13.1. The normalized spacial score (nSPS) is 19.9. The zero-order valence-electron chi connectivity index (χ0n) is 14.4. The number of ether oxygens (including phenoxy) is 1. The van der Waals surface area contributed by atoms with Crippen LogP contribution in [-0.2, 0) is 9.53 Å². The Bertz CT molecular complexity index is 501. The van der Waals surface area contributed by atoms with Gasteiger partial charge in [0.05, 0.1) is 12.5 Å². The van der Waals surface area contributed by atoms with E-state index in [2.05, 4.69) is 46.8 Å². The van der Waals surface area contributed by atoms with Crippen LogP contribution < -0.4 is 0 Å². The first-order chi connectivity index (χ1) is 11.0. The number of amides is 1. The van der Waals surface area contributed by atoms with Crippen molar-refractivity contribution < 1.29 is 9.53 Å². The van der Waals surface area contributed by atoms with Gasteiger partial charge in [-0.1, -0.05) is 41.9 Å². The highest BCUT2D eigenvalue weighted by atomic mass is 79.9. The highest BCUT2D eigenvalue weighted by Gasteiger charge is 2.31. The summed E-state index contributed by atoms with van der Waals surface area (Å²) in [7, 11) is 0. The van der Waals surface area contributed by atoms with Crippen LogP contribution in [0.4, 0.5) is 0 Å². The third-order valence-electron chi connectivity index (χ3n) is 4.55. The molecule has 3 nitrogen and oxygen atoms in total. The van der Waals surface area contributed by atoms with Crippen molar-refractivity contribution >= 4 is 21.8 Å². The van der Waals surface area contributed by atoms with Gasteiger partial charge in [0.2, 0.25) is 5.91 Å². The highest BCUT2D eigenvalue weighted by Crippen LogP contribution is 2.30. The minimum atomic E-state index is -0.0612. The Morgan fingerprint density at radius 3 is 2.65 bits per heavy atom. The highest BCUT2D eigenvalue weighted by molar-refractivity contribution is 9.10. The van der Waals surface area contributed by atoms with Gasteiger partial charge in [-0.3, -0.25) is 4.79 Å². The fourth-order valence-corrected chi connectivity index (χ4v) is 3.63. The summed E-state index contributed by atoms with van der Waals surface area (Å²) < 4.78 is 6.61. The summed E-state index contributed by atoms with van der Waals surface area (Å²) in [4.78, 5) is 15.2. The molecule has 1 aromatic carbocycles. The third-order valence-corrected chi connectivity index (χ3v) is 5.08. The van der Waals surface area contributed by atoms with Crippen LogP contribution in [0.25, 0.3) is 0 Å². The molecule has 0 bridgehead atoms. The predicted molar refractivity (Wildman–Crippen MR) is 97.5 cm³/mol. The third kappa shape index (κ3) is 5.05. The van der Waals surface area contributed by atoms with Gasteiger partial charge in [-0.25, -0.2) is 0 Å². The quantitative estimate of drug-likeness (QED) is 0.727. The smallest absolute Gasteiger partial charge is 0.230 e. The second-order valence-electron chi connectivity index (χ2n) is 6.73. The van der Waals surface area contributed by atoms with Gasteiger partial charge >= 0.3 is 0 Å². The predicted octanol–water partition coefficient (Wildman–Crippen LogP) is 4.46. The molecule has 1 aromatic rings. The van der Waals surface area contributed by atoms with Crippen molar-refractivity contribution in [1.82, 2.24) is 4.90 Å². The van der Waals surface area contributed by atoms with Gasteiger partial charge in [-0.05, 0) is 49.3 Å². The van der Waals surface area contributed by atoms with Gasteiger partial charge in [0.15, 0.2) is 0 Å². The topological polar surface area (TPSA) is 29.5 Å². The van der Waals surface area contributed by atoms with Crippen molar-refractivity contribution in [1.29, 1.82) is 0 Å². The maximum atomic E-state index is 13.1. The van der Waals surface area contributed by atoms with Crippen molar-refractivity contribution in [2.24, 2.45) is 11.8 Å². The van der Waals surface area contributed by atoms with Crippen LogP contribution in [0.2, 0.25) is 0 Å². The van der Waals surface area contributed by atoms with E-state index in [1.807, 2.05) is 19.1 Å². The Labute approximate surface area is 148 Å². The fourth-order valence-electron chi connectivity index (χ4n) is 3.37. The molecular formula is C19H28BrNO2. The lowest BCUT2D eigenvalue weighted by Gasteiger charge is -2.36. The molecule has 23 heavy (non-hydrogen) atoms. The molecule has 1 amide bonds. The molecule has 0 saturated carbocycles. The lowest BCUT2D eigenvalue weighted by Crippen LogP contribution is -2.44. The van der Waals surface area contributed by atoms with E-state index in [1.165, 1.54) is 0 Å². The minimum Gasteiger partial charge on any atom is -0.381 e. The van der Waals surface area contributed by atoms with Crippen molar-refractivity contribution in [2.75, 3.05) is 26.3 Å². The van der Waals surface area contributed by atoms with E-state index in [0.29, 0.717) is 5.92 Å². The molecule has 4 heteroatoms. The van der Waals surface area contributed by atoms with E-state index in [4.69, 9.17) is 4.74 Å². The molecule has 0 spiro atoms. The molecule has 1 saturated heterocycles. The first kappa shape index (κ1) is 18.5. The number of hydrogen-bond acceptors (Lipinski definition) is 2. The number of halogens is 1. The molecule has 1 fully saturated rings. The van der Waals surface area contributed by atoms with Crippen molar-refractivity contribution in [3.63, 3.8) is 0 Å². The number of piperidine rings is 1. The molecule has 128 valence electrons. The summed E-state index contributed by atoms with van der Waals surface area (Å²) in [5.41, 5.74) is 1.11. The number of hydrogen-bond donors (Lipinski definition) is 0. The van der Waals surface area contributed by atoms with Gasteiger partial charge in [0.25, 0.3) is 0 Å². The first-order valence-corrected chi connectivity index (χ1v) is 9.44. The molecule has 2 unspecified atom stereocenters. The van der Waals surface area contributed by atoms with Gasteiger partial charge in [-0.2, -0.15) is 0 Å². The van der Waals surface area contributed by atoms with E-state index in [1.54, 1.807) is 0 Å². The summed E-state index contributed by atoms with van der Waals surface area (Å²) in [5.74, 6) is 0.971. The zero-order valence-corrected chi connectivity index (χ0v) is 16.0. The van der Waals surface area contributed by atoms with Crippen LogP contribution in [0.5, 0.6) is 0 Å². The number of benzene rings is 1. The summed E-state index contributed by atoms with van der Waals surface area (Å²) >= 11 is 3.47. The molecule has 1 aliphatic heterocycles. The molecule has 0 radical (unpaired) electrons. The monoisotopic (exact) mass is 381 g/mol. The minimum absolute atomic E-state index is 0.0612. The maximum Gasteiger partial charge on any atom is 0.230 e. The van der Waals surface area contributed by atoms with Crippen molar-refractivity contribution in [2.45, 2.75) is 39.5 Å². The Morgan fingerprint density at radius 1 is 1.35 bits per heavy atom. The van der Waals surface area contributed by atoms with Gasteiger partial charge < -0.3 is 9.64 Å². The number of carbonyl (C=O) groups excluding carboxylic acids is 1. The Morgan fingerprint density at radius 2 is 2.04 bits per heavy atom. The lowest BCUT2D eigenvalue weighted by atomic mass is 9.86. The lowest BCUT2D eigenvalue weighted by molar-refractivity contribution is -0.136. The van der Waals surface area contributed by atoms with Crippen LogP contribution in [-0.4, -0.2) is 37.1 Å². The average molecular weight is 382 g/mol. The summed E-state index contributed by atoms with van der Waals surface area (Å²) in [6.07, 6.45) is 2.24. The molecule has 2 rings (SSSR count). The first-order valence-electron chi connectivity index (χ1n) is 8.65. The van der Waals surface area contributed by atoms with Crippen LogP contribution in [0.1, 0.15) is 45.1 Å². The van der Waals surface area contributed by atoms with Crippen LogP contribution in [0, 0.1) is 11.8 Å². The van der Waals surface area contributed by atoms with Crippen molar-refractivity contribution in [3.05, 3.63) is 34.3 Å². The number of likely N-dealkylation sites (tertiary alicyclic amines) is 1. The molecule has 2 atom stereocenters. The van der Waals surface area contributed by atoms with Gasteiger partial charge in [0, 0.05) is 24.2 Å². The van der Waals surface area contributed by atoms with E-state index in [9.17, 15) is 4.79 Å². The number of nitrogens with zero attached hydrogens (tertiary/aromatic N) is 1. The summed E-state index contributed by atoms with van der Waals surface area (Å²) in [6, 6.07) is 8.17. The van der Waals surface area contributed by atoms with Gasteiger partial charge in [-0.15, -0.1) is 0 Å². The second-order valence-corrected chi connectivity index (χ2v) is 7.64. The van der Waals surface area contributed by atoms with Crippen molar-refractivity contribution in [3.8, 4) is 0 Å². The number of carbonyl (C=O) groups is 1. The Hall–Kier alpha value is -0.870. The Kier molecular flexibility index (Phi) is 7.09. The van der Waals surface area contributed by atoms with Crippen LogP contribution >= 0.6 is 15.9 Å². The van der Waals surface area contributed by atoms with Gasteiger partial charge in [0.1, 0.15) is 0 Å². The standard InChI is InChI=1S/C19H28BrNO2/c1-4-23-13-15-6-5-11-21(12-15)19(22)18(14(2)3)16-7-9-17(20)10-8-16/h7-10,14-15,18H,4-6,11-13H2,1-3H3. The summed E-state index contributed by atoms with van der Waals surface area (Å²) in [5, 5.41) is 0. The molecule has 0 aliphatic carbocycles. The fraction of sp³-hybridized carbons (Fsp3) is 0.632. The van der Waals surface area contributed by atoms with Crippen LogP contribution in [0.15, 0.2) is 28.7 Å². The average Bonchev–Trinajstić information content (AvgIpc) is 2.55. The molecule has 0 aromatic heterocycles. The SMILES string of the molecule is CCOCC1CCCN(C(=O)C(c2ccc(Br)cc2)C(C)C)C1. The largest absolute Gasteiger partial charge is 0.381 e. The molecule has 1 heterocycles. The number of rotatable bonds is 6. The van der Waals surface area contributed by atoms with E-state index in [-0.39, 0.29) is 17.7 Å². The van der Waals surface area contributed by atoms with E-state index < -0.39 is 0 Å². The molecule has 0 N–H and O–H groups in total. The Balaban J connectivity index is 2.09. The van der Waals surface area contributed by atoms with E-state index >= 15 is 0 Å². The second kappa shape index (κ2) is 8.84.